The molecule has 1 fully saturated rings. The Bertz CT molecular complexity index is 324. The van der Waals surface area contributed by atoms with Crippen LogP contribution < -0.4 is 5.32 Å². The molecule has 1 atom stereocenters. The van der Waals surface area contributed by atoms with E-state index in [1.165, 1.54) is 32.1 Å². The highest BCUT2D eigenvalue weighted by atomic mass is 16.7. The molecule has 5 heteroatoms. The van der Waals surface area contributed by atoms with E-state index >= 15 is 0 Å². The lowest BCUT2D eigenvalue weighted by molar-refractivity contribution is -0.174. The molecular weight excluding hydrogens is 270 g/mol. The Balaban J connectivity index is 2.32. The van der Waals surface area contributed by atoms with E-state index in [1.807, 2.05) is 20.8 Å². The molecule has 1 N–H and O–H groups in total. The predicted octanol–water partition coefficient (Wildman–Crippen LogP) is 3.62. The van der Waals surface area contributed by atoms with Gasteiger partial charge in [-0.05, 0) is 25.2 Å². The first kappa shape index (κ1) is 17.8. The Hall–Kier alpha value is -1.26. The van der Waals surface area contributed by atoms with Gasteiger partial charge in [0.25, 0.3) is 6.29 Å². The molecule has 21 heavy (non-hydrogen) atoms. The van der Waals surface area contributed by atoms with Gasteiger partial charge in [-0.1, -0.05) is 40.0 Å². The maximum atomic E-state index is 11.8. The molecule has 5 nitrogen and oxygen atoms in total. The molecule has 0 aliphatic heterocycles. The lowest BCUT2D eigenvalue weighted by Gasteiger charge is -2.24. The number of amides is 1. The van der Waals surface area contributed by atoms with Crippen LogP contribution in [0.2, 0.25) is 0 Å². The van der Waals surface area contributed by atoms with Crippen molar-refractivity contribution < 1.29 is 19.1 Å². The van der Waals surface area contributed by atoms with Crippen molar-refractivity contribution in [2.75, 3.05) is 6.54 Å². The molecule has 0 aromatic carbocycles. The Morgan fingerprint density at radius 2 is 1.81 bits per heavy atom. The zero-order valence-electron chi connectivity index (χ0n) is 13.5. The molecule has 0 radical (unpaired) electrons. The maximum absolute atomic E-state index is 11.8. The minimum atomic E-state index is -0.810. The van der Waals surface area contributed by atoms with Crippen LogP contribution in [0.3, 0.4) is 0 Å². The summed E-state index contributed by atoms with van der Waals surface area (Å²) in [5, 5.41) is 2.79. The monoisotopic (exact) mass is 299 g/mol. The predicted molar refractivity (Wildman–Crippen MR) is 80.7 cm³/mol. The summed E-state index contributed by atoms with van der Waals surface area (Å²) < 4.78 is 10.4. The Kier molecular flexibility index (Phi) is 8.16. The Labute approximate surface area is 127 Å². The third-order valence-corrected chi connectivity index (χ3v) is 3.73. The molecular formula is C16H29NO4. The zero-order valence-corrected chi connectivity index (χ0v) is 13.5. The second kappa shape index (κ2) is 9.64. The molecule has 0 bridgehead atoms. The molecule has 0 saturated heterocycles. The first-order valence-corrected chi connectivity index (χ1v) is 8.16. The molecule has 0 spiro atoms. The summed E-state index contributed by atoms with van der Waals surface area (Å²) in [5.74, 6) is 0.161. The van der Waals surface area contributed by atoms with E-state index in [2.05, 4.69) is 5.32 Å². The highest BCUT2D eigenvalue weighted by molar-refractivity contribution is 5.70. The van der Waals surface area contributed by atoms with Crippen molar-refractivity contribution in [3.63, 3.8) is 0 Å². The normalized spacial score (nSPS) is 17.3. The van der Waals surface area contributed by atoms with Crippen molar-refractivity contribution in [3.05, 3.63) is 0 Å². The molecule has 1 rings (SSSR count). The van der Waals surface area contributed by atoms with Crippen LogP contribution in [0.4, 0.5) is 4.79 Å². The van der Waals surface area contributed by atoms with Crippen LogP contribution in [-0.4, -0.2) is 24.9 Å². The van der Waals surface area contributed by atoms with Crippen LogP contribution in [0.25, 0.3) is 0 Å². The number of ether oxygens (including phenoxy) is 2. The first-order valence-electron chi connectivity index (χ1n) is 8.16. The van der Waals surface area contributed by atoms with Gasteiger partial charge in [0.2, 0.25) is 0 Å². The van der Waals surface area contributed by atoms with Gasteiger partial charge in [0, 0.05) is 18.9 Å². The van der Waals surface area contributed by atoms with Crippen molar-refractivity contribution in [1.82, 2.24) is 5.32 Å². The number of nitrogens with one attached hydrogen (secondary N) is 1. The molecule has 1 aliphatic rings. The number of alkyl carbamates (subject to hydrolysis) is 1. The van der Waals surface area contributed by atoms with Crippen molar-refractivity contribution in [2.24, 2.45) is 11.8 Å². The van der Waals surface area contributed by atoms with E-state index in [-0.39, 0.29) is 11.9 Å². The van der Waals surface area contributed by atoms with E-state index in [9.17, 15) is 9.59 Å². The van der Waals surface area contributed by atoms with E-state index < -0.39 is 12.4 Å². The van der Waals surface area contributed by atoms with Gasteiger partial charge in [-0.3, -0.25) is 4.79 Å². The third kappa shape index (κ3) is 7.34. The number of carbonyl (C=O) groups is 2. The van der Waals surface area contributed by atoms with Gasteiger partial charge in [-0.2, -0.15) is 0 Å². The van der Waals surface area contributed by atoms with Crippen molar-refractivity contribution in [2.45, 2.75) is 72.0 Å². The zero-order chi connectivity index (χ0) is 15.7. The van der Waals surface area contributed by atoms with Crippen LogP contribution in [-0.2, 0) is 14.3 Å². The summed E-state index contributed by atoms with van der Waals surface area (Å²) in [6.07, 6.45) is 5.87. The standard InChI is InChI=1S/C16H29NO4/c1-4-8-14(18)20-15(12(2)3)21-16(19)17-11-13-9-6-5-7-10-13/h12-13,15H,4-11H2,1-3H3,(H,17,19). The van der Waals surface area contributed by atoms with Gasteiger partial charge in [-0.15, -0.1) is 0 Å². The van der Waals surface area contributed by atoms with Crippen LogP contribution in [0, 0.1) is 11.8 Å². The van der Waals surface area contributed by atoms with Crippen molar-refractivity contribution >= 4 is 12.1 Å². The number of rotatable bonds is 7. The molecule has 1 aliphatic carbocycles. The van der Waals surface area contributed by atoms with Crippen molar-refractivity contribution in [1.29, 1.82) is 0 Å². The SMILES string of the molecule is CCCC(=O)OC(OC(=O)NCC1CCCCC1)C(C)C. The van der Waals surface area contributed by atoms with Gasteiger partial charge >= 0.3 is 12.1 Å². The maximum Gasteiger partial charge on any atom is 0.410 e. The number of hydrogen-bond acceptors (Lipinski definition) is 4. The highest BCUT2D eigenvalue weighted by Crippen LogP contribution is 2.22. The minimum absolute atomic E-state index is 0.0637. The van der Waals surface area contributed by atoms with Gasteiger partial charge in [0.1, 0.15) is 0 Å². The average molecular weight is 299 g/mol. The fraction of sp³-hybridized carbons (Fsp3) is 0.875. The van der Waals surface area contributed by atoms with Crippen LogP contribution >= 0.6 is 0 Å². The highest BCUT2D eigenvalue weighted by Gasteiger charge is 2.23. The fourth-order valence-corrected chi connectivity index (χ4v) is 2.45. The second-order valence-electron chi connectivity index (χ2n) is 6.14. The number of carbonyl (C=O) groups excluding carboxylic acids is 2. The topological polar surface area (TPSA) is 64.6 Å². The molecule has 1 saturated carbocycles. The Morgan fingerprint density at radius 3 is 2.38 bits per heavy atom. The molecule has 1 amide bonds. The van der Waals surface area contributed by atoms with E-state index in [4.69, 9.17) is 9.47 Å². The molecule has 0 heterocycles. The lowest BCUT2D eigenvalue weighted by Crippen LogP contribution is -2.36. The summed E-state index contributed by atoms with van der Waals surface area (Å²) in [6, 6.07) is 0. The van der Waals surface area contributed by atoms with E-state index in [0.717, 1.165) is 6.42 Å². The summed E-state index contributed by atoms with van der Waals surface area (Å²) in [5.41, 5.74) is 0. The third-order valence-electron chi connectivity index (χ3n) is 3.73. The molecule has 0 aromatic heterocycles. The first-order chi connectivity index (χ1) is 10.0. The number of hydrogen-bond donors (Lipinski definition) is 1. The summed E-state index contributed by atoms with van der Waals surface area (Å²) in [6.45, 7) is 6.27. The van der Waals surface area contributed by atoms with Crippen LogP contribution in [0.15, 0.2) is 0 Å². The van der Waals surface area contributed by atoms with Gasteiger partial charge in [-0.25, -0.2) is 4.79 Å². The number of esters is 1. The Morgan fingerprint density at radius 1 is 1.14 bits per heavy atom. The summed E-state index contributed by atoms with van der Waals surface area (Å²) in [7, 11) is 0. The minimum Gasteiger partial charge on any atom is -0.425 e. The van der Waals surface area contributed by atoms with Gasteiger partial charge < -0.3 is 14.8 Å². The molecule has 0 aromatic rings. The summed E-state index contributed by atoms with van der Waals surface area (Å²) >= 11 is 0. The van der Waals surface area contributed by atoms with E-state index in [0.29, 0.717) is 18.9 Å². The van der Waals surface area contributed by atoms with Gasteiger partial charge in [0.05, 0.1) is 0 Å². The average Bonchev–Trinajstić information content (AvgIpc) is 2.45. The summed E-state index contributed by atoms with van der Waals surface area (Å²) in [4.78, 5) is 23.3. The fourth-order valence-electron chi connectivity index (χ4n) is 2.45. The smallest absolute Gasteiger partial charge is 0.410 e. The van der Waals surface area contributed by atoms with Crippen LogP contribution in [0.1, 0.15) is 65.7 Å². The van der Waals surface area contributed by atoms with Crippen LogP contribution in [0.5, 0.6) is 0 Å². The van der Waals surface area contributed by atoms with Crippen molar-refractivity contribution in [3.8, 4) is 0 Å². The van der Waals surface area contributed by atoms with Gasteiger partial charge in [0.15, 0.2) is 0 Å². The quantitative estimate of drug-likeness (QED) is 0.576. The van der Waals surface area contributed by atoms with E-state index in [1.54, 1.807) is 0 Å². The molecule has 1 unspecified atom stereocenters. The second-order valence-corrected chi connectivity index (χ2v) is 6.14. The lowest BCUT2D eigenvalue weighted by atomic mass is 9.89. The largest absolute Gasteiger partial charge is 0.425 e. The molecule has 122 valence electrons.